The van der Waals surface area contributed by atoms with E-state index in [2.05, 4.69) is 47.1 Å². The van der Waals surface area contributed by atoms with Gasteiger partial charge in [-0.3, -0.25) is 0 Å². The zero-order valence-corrected chi connectivity index (χ0v) is 12.8. The summed E-state index contributed by atoms with van der Waals surface area (Å²) in [5, 5.41) is 10.6. The zero-order valence-electron chi connectivity index (χ0n) is 12.8. The highest BCUT2D eigenvalue weighted by molar-refractivity contribution is 5.26. The Morgan fingerprint density at radius 1 is 0.900 bits per heavy atom. The molecule has 3 N–H and O–H groups in total. The Hall–Kier alpha value is -0.900. The Balaban J connectivity index is 1.92. The second-order valence-corrected chi connectivity index (χ2v) is 5.81. The van der Waals surface area contributed by atoms with Crippen LogP contribution in [-0.4, -0.2) is 39.3 Å². The fraction of sp³-hybridized carbons (Fsp3) is 0.647. The van der Waals surface area contributed by atoms with Gasteiger partial charge in [0, 0.05) is 6.54 Å². The standard InChI is InChI=1S/C17H29N3/c1-15-14-20-11-4-9-18-8-3-10-19-12-7-16-5-2-6-17(15)13-16/h2,5-6,13,15,18-20H,3-4,7-12,14H2,1H3. The van der Waals surface area contributed by atoms with Gasteiger partial charge in [0.1, 0.15) is 0 Å². The average molecular weight is 275 g/mol. The first-order valence-electron chi connectivity index (χ1n) is 8.07. The molecule has 1 atom stereocenters. The highest BCUT2D eigenvalue weighted by atomic mass is 14.9. The van der Waals surface area contributed by atoms with E-state index in [9.17, 15) is 0 Å². The predicted molar refractivity (Wildman–Crippen MR) is 86.4 cm³/mol. The zero-order chi connectivity index (χ0) is 14.0. The summed E-state index contributed by atoms with van der Waals surface area (Å²) in [6.45, 7) is 8.93. The molecule has 3 heteroatoms. The molecule has 2 rings (SSSR count). The van der Waals surface area contributed by atoms with Crippen molar-refractivity contribution in [2.45, 2.75) is 32.1 Å². The number of nitrogens with one attached hydrogen (secondary N) is 3. The van der Waals surface area contributed by atoms with E-state index in [0.717, 1.165) is 45.7 Å². The third kappa shape index (κ3) is 5.61. The van der Waals surface area contributed by atoms with E-state index >= 15 is 0 Å². The SMILES string of the molecule is CC1CNCCCNCCCNCCc2cccc1c2. The maximum absolute atomic E-state index is 3.57. The van der Waals surface area contributed by atoms with Gasteiger partial charge in [0.15, 0.2) is 0 Å². The normalized spacial score (nSPS) is 23.4. The largest absolute Gasteiger partial charge is 0.317 e. The molecule has 0 radical (unpaired) electrons. The molecular weight excluding hydrogens is 246 g/mol. The molecular formula is C17H29N3. The van der Waals surface area contributed by atoms with Gasteiger partial charge in [0.05, 0.1) is 0 Å². The highest BCUT2D eigenvalue weighted by Crippen LogP contribution is 2.16. The molecule has 1 aromatic carbocycles. The van der Waals surface area contributed by atoms with Gasteiger partial charge in [0.25, 0.3) is 0 Å². The lowest BCUT2D eigenvalue weighted by Gasteiger charge is -2.15. The van der Waals surface area contributed by atoms with Gasteiger partial charge in [-0.1, -0.05) is 31.2 Å². The minimum atomic E-state index is 0.587. The van der Waals surface area contributed by atoms with Crippen LogP contribution in [0.3, 0.4) is 0 Å². The Kier molecular flexibility index (Phi) is 7.06. The molecule has 2 bridgehead atoms. The Bertz CT molecular complexity index is 378. The first kappa shape index (κ1) is 15.5. The van der Waals surface area contributed by atoms with Gasteiger partial charge in [-0.2, -0.15) is 0 Å². The summed E-state index contributed by atoms with van der Waals surface area (Å²) in [7, 11) is 0. The molecule has 1 aliphatic rings. The number of fused-ring (bicyclic) bond motifs is 2. The maximum atomic E-state index is 3.57. The quantitative estimate of drug-likeness (QED) is 0.677. The lowest BCUT2D eigenvalue weighted by atomic mass is 9.98. The Labute approximate surface area is 123 Å². The van der Waals surface area contributed by atoms with Crippen molar-refractivity contribution < 1.29 is 0 Å². The topological polar surface area (TPSA) is 36.1 Å². The van der Waals surface area contributed by atoms with Crippen LogP contribution in [0.2, 0.25) is 0 Å². The fourth-order valence-corrected chi connectivity index (χ4v) is 2.65. The average Bonchev–Trinajstić information content (AvgIpc) is 2.47. The van der Waals surface area contributed by atoms with Crippen LogP contribution < -0.4 is 16.0 Å². The molecule has 0 fully saturated rings. The molecule has 112 valence electrons. The molecule has 0 amide bonds. The second-order valence-electron chi connectivity index (χ2n) is 5.81. The van der Waals surface area contributed by atoms with Gasteiger partial charge in [-0.25, -0.2) is 0 Å². The van der Waals surface area contributed by atoms with Crippen molar-refractivity contribution in [2.75, 3.05) is 39.3 Å². The summed E-state index contributed by atoms with van der Waals surface area (Å²) >= 11 is 0. The third-order valence-corrected chi connectivity index (χ3v) is 3.98. The van der Waals surface area contributed by atoms with Crippen LogP contribution >= 0.6 is 0 Å². The molecule has 0 spiro atoms. The van der Waals surface area contributed by atoms with E-state index in [1.807, 2.05) is 0 Å². The summed E-state index contributed by atoms with van der Waals surface area (Å²) in [6, 6.07) is 9.08. The van der Waals surface area contributed by atoms with E-state index in [-0.39, 0.29) is 0 Å². The van der Waals surface area contributed by atoms with Crippen LogP contribution in [0.4, 0.5) is 0 Å². The monoisotopic (exact) mass is 275 g/mol. The van der Waals surface area contributed by atoms with E-state index in [1.54, 1.807) is 0 Å². The van der Waals surface area contributed by atoms with E-state index in [1.165, 1.54) is 24.0 Å². The van der Waals surface area contributed by atoms with Gasteiger partial charge < -0.3 is 16.0 Å². The lowest BCUT2D eigenvalue weighted by Crippen LogP contribution is -2.27. The molecule has 1 heterocycles. The minimum Gasteiger partial charge on any atom is -0.317 e. The van der Waals surface area contributed by atoms with Crippen LogP contribution in [-0.2, 0) is 6.42 Å². The molecule has 0 aliphatic carbocycles. The first-order valence-corrected chi connectivity index (χ1v) is 8.07. The van der Waals surface area contributed by atoms with Crippen molar-refractivity contribution in [3.63, 3.8) is 0 Å². The maximum Gasteiger partial charge on any atom is 0.00175 e. The molecule has 20 heavy (non-hydrogen) atoms. The third-order valence-electron chi connectivity index (χ3n) is 3.98. The molecule has 1 aromatic rings. The van der Waals surface area contributed by atoms with Crippen molar-refractivity contribution >= 4 is 0 Å². The van der Waals surface area contributed by atoms with Gasteiger partial charge in [0.2, 0.25) is 0 Å². The van der Waals surface area contributed by atoms with Crippen LogP contribution in [0.1, 0.15) is 36.8 Å². The van der Waals surface area contributed by atoms with Crippen LogP contribution in [0, 0.1) is 0 Å². The smallest absolute Gasteiger partial charge is 0.00175 e. The van der Waals surface area contributed by atoms with Gasteiger partial charge >= 0.3 is 0 Å². The number of rotatable bonds is 0. The van der Waals surface area contributed by atoms with Crippen molar-refractivity contribution in [2.24, 2.45) is 0 Å². The van der Waals surface area contributed by atoms with E-state index < -0.39 is 0 Å². The Morgan fingerprint density at radius 2 is 1.60 bits per heavy atom. The number of hydrogen-bond donors (Lipinski definition) is 3. The second kappa shape index (κ2) is 9.11. The van der Waals surface area contributed by atoms with Crippen LogP contribution in [0.5, 0.6) is 0 Å². The summed E-state index contributed by atoms with van der Waals surface area (Å²) < 4.78 is 0. The fourth-order valence-electron chi connectivity index (χ4n) is 2.65. The molecule has 3 nitrogen and oxygen atoms in total. The molecule has 0 saturated carbocycles. The van der Waals surface area contributed by atoms with Crippen LogP contribution in [0.25, 0.3) is 0 Å². The minimum absolute atomic E-state index is 0.587. The van der Waals surface area contributed by atoms with E-state index in [4.69, 9.17) is 0 Å². The summed E-state index contributed by atoms with van der Waals surface area (Å²) in [6.07, 6.45) is 3.55. The molecule has 0 aromatic heterocycles. The van der Waals surface area contributed by atoms with Crippen LogP contribution in [0.15, 0.2) is 24.3 Å². The number of hydrogen-bond acceptors (Lipinski definition) is 3. The van der Waals surface area contributed by atoms with Crippen molar-refractivity contribution in [3.05, 3.63) is 35.4 Å². The van der Waals surface area contributed by atoms with Crippen molar-refractivity contribution in [3.8, 4) is 0 Å². The van der Waals surface area contributed by atoms with Gasteiger partial charge in [-0.05, 0) is 69.0 Å². The van der Waals surface area contributed by atoms with Gasteiger partial charge in [-0.15, -0.1) is 0 Å². The van der Waals surface area contributed by atoms with Crippen molar-refractivity contribution in [1.29, 1.82) is 0 Å². The first-order chi connectivity index (χ1) is 9.86. The van der Waals surface area contributed by atoms with Crippen molar-refractivity contribution in [1.82, 2.24) is 16.0 Å². The lowest BCUT2D eigenvalue weighted by molar-refractivity contribution is 0.550. The molecule has 0 saturated heterocycles. The highest BCUT2D eigenvalue weighted by Gasteiger charge is 2.06. The summed E-state index contributed by atoms with van der Waals surface area (Å²) in [4.78, 5) is 0. The summed E-state index contributed by atoms with van der Waals surface area (Å²) in [5.41, 5.74) is 2.91. The molecule has 1 unspecified atom stereocenters. The Morgan fingerprint density at radius 3 is 2.40 bits per heavy atom. The summed E-state index contributed by atoms with van der Waals surface area (Å²) in [5.74, 6) is 0.587. The molecule has 1 aliphatic heterocycles. The van der Waals surface area contributed by atoms with E-state index in [0.29, 0.717) is 5.92 Å². The predicted octanol–water partition coefficient (Wildman–Crippen LogP) is 1.90. The number of benzene rings is 1.